The van der Waals surface area contributed by atoms with Gasteiger partial charge in [-0.05, 0) is 45.0 Å². The molecule has 1 aromatic heterocycles. The van der Waals surface area contributed by atoms with Gasteiger partial charge in [-0.15, -0.1) is 0 Å². The van der Waals surface area contributed by atoms with Crippen molar-refractivity contribution in [3.05, 3.63) is 41.7 Å². The molecule has 1 aromatic carbocycles. The molecule has 1 aliphatic heterocycles. The molecular weight excluding hydrogens is 310 g/mol. The highest BCUT2D eigenvalue weighted by Gasteiger charge is 2.19. The van der Waals surface area contributed by atoms with Gasteiger partial charge in [0, 0.05) is 36.0 Å². The maximum atomic E-state index is 14.0. The van der Waals surface area contributed by atoms with Crippen molar-refractivity contribution in [3.8, 4) is 11.1 Å². The number of aromatic nitrogens is 2. The molecule has 0 saturated carbocycles. The van der Waals surface area contributed by atoms with Crippen LogP contribution in [0.4, 0.5) is 14.7 Å². The third kappa shape index (κ3) is 3.70. The Labute approximate surface area is 140 Å². The van der Waals surface area contributed by atoms with Crippen LogP contribution in [0.2, 0.25) is 0 Å². The van der Waals surface area contributed by atoms with Crippen LogP contribution in [0.5, 0.6) is 0 Å². The van der Waals surface area contributed by atoms with Crippen LogP contribution >= 0.6 is 0 Å². The molecule has 6 heteroatoms. The third-order valence-electron chi connectivity index (χ3n) is 4.49. The molecule has 0 unspecified atom stereocenters. The van der Waals surface area contributed by atoms with Crippen LogP contribution in [0, 0.1) is 18.6 Å². The molecule has 1 fully saturated rings. The number of piperidine rings is 1. The van der Waals surface area contributed by atoms with E-state index in [4.69, 9.17) is 0 Å². The minimum absolute atomic E-state index is 0.315. The fourth-order valence-electron chi connectivity index (χ4n) is 3.15. The van der Waals surface area contributed by atoms with Crippen molar-refractivity contribution in [1.82, 2.24) is 14.9 Å². The molecule has 1 saturated heterocycles. The first-order valence-electron chi connectivity index (χ1n) is 8.34. The van der Waals surface area contributed by atoms with E-state index in [0.717, 1.165) is 38.5 Å². The highest BCUT2D eigenvalue weighted by atomic mass is 19.1. The first-order chi connectivity index (χ1) is 11.6. The number of rotatable bonds is 4. The second-order valence-electron chi connectivity index (χ2n) is 6.19. The fraction of sp³-hybridized carbons (Fsp3) is 0.444. The molecule has 2 heterocycles. The lowest BCUT2D eigenvalue weighted by Crippen LogP contribution is -2.42. The van der Waals surface area contributed by atoms with E-state index in [1.807, 2.05) is 6.92 Å². The zero-order valence-corrected chi connectivity index (χ0v) is 14.0. The van der Waals surface area contributed by atoms with Crippen LogP contribution < -0.4 is 5.32 Å². The number of likely N-dealkylation sites (tertiary alicyclic amines) is 1. The topological polar surface area (TPSA) is 41.0 Å². The summed E-state index contributed by atoms with van der Waals surface area (Å²) in [6.45, 7) is 7.13. The van der Waals surface area contributed by atoms with E-state index >= 15 is 0 Å². The number of nitrogens with zero attached hydrogens (tertiary/aromatic N) is 3. The summed E-state index contributed by atoms with van der Waals surface area (Å²) in [7, 11) is 0. The highest BCUT2D eigenvalue weighted by molar-refractivity contribution is 5.66. The van der Waals surface area contributed by atoms with E-state index in [2.05, 4.69) is 27.1 Å². The Kier molecular flexibility index (Phi) is 5.04. The molecule has 2 aromatic rings. The predicted molar refractivity (Wildman–Crippen MR) is 90.9 cm³/mol. The molecule has 3 rings (SSSR count). The van der Waals surface area contributed by atoms with Crippen molar-refractivity contribution >= 4 is 5.95 Å². The van der Waals surface area contributed by atoms with Crippen molar-refractivity contribution in [2.75, 3.05) is 25.0 Å². The zero-order valence-electron chi connectivity index (χ0n) is 14.0. The molecule has 0 spiro atoms. The van der Waals surface area contributed by atoms with E-state index in [1.54, 1.807) is 6.20 Å². The lowest BCUT2D eigenvalue weighted by Gasteiger charge is -2.32. The van der Waals surface area contributed by atoms with Gasteiger partial charge in [-0.2, -0.15) is 0 Å². The summed E-state index contributed by atoms with van der Waals surface area (Å²) in [5.74, 6) is -0.638. The van der Waals surface area contributed by atoms with Crippen molar-refractivity contribution < 1.29 is 8.78 Å². The minimum Gasteiger partial charge on any atom is -0.350 e. The second-order valence-corrected chi connectivity index (χ2v) is 6.19. The molecule has 0 amide bonds. The number of hydrogen-bond acceptors (Lipinski definition) is 4. The van der Waals surface area contributed by atoms with Crippen LogP contribution in [0.15, 0.2) is 24.4 Å². The van der Waals surface area contributed by atoms with Gasteiger partial charge in [-0.25, -0.2) is 18.7 Å². The summed E-state index contributed by atoms with van der Waals surface area (Å²) >= 11 is 0. The fourth-order valence-corrected chi connectivity index (χ4v) is 3.15. The Hall–Kier alpha value is -2.08. The second kappa shape index (κ2) is 7.21. The van der Waals surface area contributed by atoms with Crippen LogP contribution in [-0.2, 0) is 0 Å². The van der Waals surface area contributed by atoms with Crippen molar-refractivity contribution in [2.45, 2.75) is 32.7 Å². The molecule has 4 nitrogen and oxygen atoms in total. The van der Waals surface area contributed by atoms with Crippen LogP contribution in [0.1, 0.15) is 25.5 Å². The van der Waals surface area contributed by atoms with Gasteiger partial charge in [0.25, 0.3) is 0 Å². The average molecular weight is 332 g/mol. The zero-order chi connectivity index (χ0) is 17.1. The normalized spacial score (nSPS) is 18.6. The van der Waals surface area contributed by atoms with Gasteiger partial charge in [0.2, 0.25) is 5.95 Å². The minimum atomic E-state index is -0.603. The summed E-state index contributed by atoms with van der Waals surface area (Å²) in [6.07, 6.45) is 3.85. The average Bonchev–Trinajstić information content (AvgIpc) is 2.56. The standard InChI is InChI=1S/C18H22F2N4/c1-3-24-8-4-5-14(11-24)23-18-21-10-16(12(2)22-18)15-7-6-13(19)9-17(15)20/h6-7,9-10,14H,3-5,8,11H2,1-2H3,(H,21,22,23)/t14-/m0/s1. The number of anilines is 1. The number of nitrogens with one attached hydrogen (secondary N) is 1. The van der Waals surface area contributed by atoms with Gasteiger partial charge in [0.15, 0.2) is 0 Å². The van der Waals surface area contributed by atoms with Crippen LogP contribution in [0.25, 0.3) is 11.1 Å². The van der Waals surface area contributed by atoms with Gasteiger partial charge in [-0.1, -0.05) is 6.92 Å². The summed E-state index contributed by atoms with van der Waals surface area (Å²) in [4.78, 5) is 11.2. The SMILES string of the molecule is CCN1CCC[C@H](Nc2ncc(-c3ccc(F)cc3F)c(C)n2)C1. The van der Waals surface area contributed by atoms with Crippen molar-refractivity contribution in [1.29, 1.82) is 0 Å². The van der Waals surface area contributed by atoms with E-state index in [9.17, 15) is 8.78 Å². The first-order valence-corrected chi connectivity index (χ1v) is 8.34. The molecule has 24 heavy (non-hydrogen) atoms. The highest BCUT2D eigenvalue weighted by Crippen LogP contribution is 2.26. The van der Waals surface area contributed by atoms with Gasteiger partial charge in [-0.3, -0.25) is 0 Å². The number of benzene rings is 1. The Morgan fingerprint density at radius 3 is 2.83 bits per heavy atom. The van der Waals surface area contributed by atoms with E-state index < -0.39 is 11.6 Å². The van der Waals surface area contributed by atoms with E-state index in [0.29, 0.717) is 28.8 Å². The van der Waals surface area contributed by atoms with Crippen molar-refractivity contribution in [3.63, 3.8) is 0 Å². The third-order valence-corrected chi connectivity index (χ3v) is 4.49. The number of hydrogen-bond donors (Lipinski definition) is 1. The van der Waals surface area contributed by atoms with Gasteiger partial charge >= 0.3 is 0 Å². The Bertz CT molecular complexity index is 720. The van der Waals surface area contributed by atoms with Gasteiger partial charge in [0.05, 0.1) is 5.69 Å². The molecule has 1 N–H and O–H groups in total. The Balaban J connectivity index is 1.77. The van der Waals surface area contributed by atoms with Crippen molar-refractivity contribution in [2.24, 2.45) is 0 Å². The maximum Gasteiger partial charge on any atom is 0.223 e. The number of halogens is 2. The monoisotopic (exact) mass is 332 g/mol. The summed E-state index contributed by atoms with van der Waals surface area (Å²) < 4.78 is 27.0. The quantitative estimate of drug-likeness (QED) is 0.928. The van der Waals surface area contributed by atoms with Crippen LogP contribution in [0.3, 0.4) is 0 Å². The maximum absolute atomic E-state index is 14.0. The first kappa shape index (κ1) is 16.8. The van der Waals surface area contributed by atoms with Gasteiger partial charge < -0.3 is 10.2 Å². The Morgan fingerprint density at radius 1 is 1.29 bits per heavy atom. The molecule has 0 bridgehead atoms. The summed E-state index contributed by atoms with van der Waals surface area (Å²) in [6, 6.07) is 3.86. The molecule has 128 valence electrons. The Morgan fingerprint density at radius 2 is 2.12 bits per heavy atom. The lowest BCUT2D eigenvalue weighted by molar-refractivity contribution is 0.226. The summed E-state index contributed by atoms with van der Waals surface area (Å²) in [5, 5.41) is 3.37. The van der Waals surface area contributed by atoms with E-state index in [-0.39, 0.29) is 0 Å². The molecule has 0 radical (unpaired) electrons. The van der Waals surface area contributed by atoms with E-state index in [1.165, 1.54) is 12.1 Å². The molecular formula is C18H22F2N4. The molecule has 1 atom stereocenters. The van der Waals surface area contributed by atoms with Gasteiger partial charge in [0.1, 0.15) is 11.6 Å². The van der Waals surface area contributed by atoms with Crippen LogP contribution in [-0.4, -0.2) is 40.5 Å². The summed E-state index contributed by atoms with van der Waals surface area (Å²) in [5.41, 5.74) is 1.56. The molecule has 1 aliphatic rings. The predicted octanol–water partition coefficient (Wildman–Crippen LogP) is 3.63. The number of likely N-dealkylation sites (N-methyl/N-ethyl adjacent to an activating group) is 1. The lowest BCUT2D eigenvalue weighted by atomic mass is 10.1. The largest absolute Gasteiger partial charge is 0.350 e. The molecule has 0 aliphatic carbocycles. The number of aryl methyl sites for hydroxylation is 1. The smallest absolute Gasteiger partial charge is 0.223 e.